The standard InChI is InChI=1S/C25H33N3O/c29-25-6-1-3-20(17-25)19-26-13-15-28(16-14-26)23-9-11-27(12-10-23)24-8-7-21-4-2-5-22(21)18-24/h1,3,6-8,17-18,23,29H,2,4-5,9-16,19H2. The van der Waals surface area contributed by atoms with Crippen molar-refractivity contribution in [1.29, 1.82) is 0 Å². The summed E-state index contributed by atoms with van der Waals surface area (Å²) in [6, 6.07) is 15.6. The SMILES string of the molecule is Oc1cccc(CN2CCN(C3CCN(c4ccc5c(c4)CCC5)CC3)CC2)c1. The Balaban J connectivity index is 1.11. The van der Waals surface area contributed by atoms with Gasteiger partial charge in [0.25, 0.3) is 0 Å². The number of aromatic hydroxyl groups is 1. The molecule has 0 spiro atoms. The van der Waals surface area contributed by atoms with Crippen molar-refractivity contribution in [1.82, 2.24) is 9.80 Å². The van der Waals surface area contributed by atoms with Crippen molar-refractivity contribution in [2.24, 2.45) is 0 Å². The fourth-order valence-electron chi connectivity index (χ4n) is 5.44. The zero-order valence-corrected chi connectivity index (χ0v) is 17.4. The van der Waals surface area contributed by atoms with E-state index in [0.29, 0.717) is 5.75 Å². The van der Waals surface area contributed by atoms with E-state index in [4.69, 9.17) is 0 Å². The highest BCUT2D eigenvalue weighted by molar-refractivity contribution is 5.52. The highest BCUT2D eigenvalue weighted by Gasteiger charge is 2.28. The number of piperidine rings is 1. The van der Waals surface area contributed by atoms with Gasteiger partial charge in [0, 0.05) is 57.5 Å². The normalized spacial score (nSPS) is 21.4. The van der Waals surface area contributed by atoms with Crippen LogP contribution in [0.25, 0.3) is 0 Å². The lowest BCUT2D eigenvalue weighted by Crippen LogP contribution is -2.53. The second-order valence-corrected chi connectivity index (χ2v) is 9.01. The summed E-state index contributed by atoms with van der Waals surface area (Å²) in [7, 11) is 0. The number of phenolic OH excluding ortho intramolecular Hbond substituents is 1. The van der Waals surface area contributed by atoms with Crippen LogP contribution in [0.15, 0.2) is 42.5 Å². The van der Waals surface area contributed by atoms with Gasteiger partial charge in [-0.05, 0) is 73.1 Å². The van der Waals surface area contributed by atoms with E-state index >= 15 is 0 Å². The Kier molecular flexibility index (Phi) is 5.47. The summed E-state index contributed by atoms with van der Waals surface area (Å²) >= 11 is 0. The Morgan fingerprint density at radius 1 is 0.828 bits per heavy atom. The molecule has 5 rings (SSSR count). The topological polar surface area (TPSA) is 30.0 Å². The number of benzene rings is 2. The predicted molar refractivity (Wildman–Crippen MR) is 119 cm³/mol. The van der Waals surface area contributed by atoms with E-state index in [0.717, 1.165) is 25.7 Å². The van der Waals surface area contributed by atoms with Crippen molar-refractivity contribution in [2.45, 2.75) is 44.7 Å². The third-order valence-corrected chi connectivity index (χ3v) is 7.15. The van der Waals surface area contributed by atoms with Crippen LogP contribution in [0.1, 0.15) is 36.0 Å². The Bertz CT molecular complexity index is 836. The molecule has 0 amide bonds. The average molecular weight is 392 g/mol. The van der Waals surface area contributed by atoms with Crippen LogP contribution in [-0.2, 0) is 19.4 Å². The van der Waals surface area contributed by atoms with Crippen LogP contribution in [0.3, 0.4) is 0 Å². The summed E-state index contributed by atoms with van der Waals surface area (Å²) in [6.45, 7) is 7.91. The molecule has 2 fully saturated rings. The van der Waals surface area contributed by atoms with E-state index in [1.807, 2.05) is 12.1 Å². The van der Waals surface area contributed by atoms with E-state index < -0.39 is 0 Å². The monoisotopic (exact) mass is 391 g/mol. The van der Waals surface area contributed by atoms with Crippen LogP contribution in [-0.4, -0.2) is 60.2 Å². The van der Waals surface area contributed by atoms with Crippen molar-refractivity contribution < 1.29 is 5.11 Å². The van der Waals surface area contributed by atoms with E-state index in [1.54, 1.807) is 17.2 Å². The van der Waals surface area contributed by atoms with Gasteiger partial charge in [0.15, 0.2) is 0 Å². The van der Waals surface area contributed by atoms with Crippen LogP contribution in [0.5, 0.6) is 5.75 Å². The first-order chi connectivity index (χ1) is 14.2. The molecule has 0 saturated carbocycles. The number of piperazine rings is 1. The summed E-state index contributed by atoms with van der Waals surface area (Å²) < 4.78 is 0. The molecule has 0 bridgehead atoms. The van der Waals surface area contributed by atoms with Crippen LogP contribution < -0.4 is 4.90 Å². The second kappa shape index (κ2) is 8.37. The molecule has 2 saturated heterocycles. The van der Waals surface area contributed by atoms with Crippen molar-refractivity contribution in [2.75, 3.05) is 44.2 Å². The number of nitrogens with zero attached hydrogens (tertiary/aromatic N) is 3. The summed E-state index contributed by atoms with van der Waals surface area (Å²) in [4.78, 5) is 7.84. The number of aryl methyl sites for hydroxylation is 2. The van der Waals surface area contributed by atoms with Crippen LogP contribution in [0.4, 0.5) is 5.69 Å². The lowest BCUT2D eigenvalue weighted by molar-refractivity contribution is 0.0811. The van der Waals surface area contributed by atoms with Gasteiger partial charge in [-0.25, -0.2) is 0 Å². The number of hydrogen-bond donors (Lipinski definition) is 1. The number of rotatable bonds is 4. The molecule has 0 atom stereocenters. The minimum absolute atomic E-state index is 0.372. The molecule has 29 heavy (non-hydrogen) atoms. The maximum atomic E-state index is 9.67. The van der Waals surface area contributed by atoms with Gasteiger partial charge in [-0.2, -0.15) is 0 Å². The second-order valence-electron chi connectivity index (χ2n) is 9.01. The summed E-state index contributed by atoms with van der Waals surface area (Å²) in [5.74, 6) is 0.372. The van der Waals surface area contributed by atoms with Crippen LogP contribution in [0, 0.1) is 0 Å². The summed E-state index contributed by atoms with van der Waals surface area (Å²) in [6.07, 6.45) is 6.44. The van der Waals surface area contributed by atoms with Crippen molar-refractivity contribution in [3.8, 4) is 5.75 Å². The third kappa shape index (κ3) is 4.29. The van der Waals surface area contributed by atoms with Crippen molar-refractivity contribution in [3.63, 3.8) is 0 Å². The Hall–Kier alpha value is -2.04. The first-order valence-electron chi connectivity index (χ1n) is 11.4. The van der Waals surface area contributed by atoms with Crippen molar-refractivity contribution >= 4 is 5.69 Å². The van der Waals surface area contributed by atoms with Crippen LogP contribution >= 0.6 is 0 Å². The zero-order valence-electron chi connectivity index (χ0n) is 17.4. The van der Waals surface area contributed by atoms with Gasteiger partial charge in [0.05, 0.1) is 0 Å². The fraction of sp³-hybridized carbons (Fsp3) is 0.520. The quantitative estimate of drug-likeness (QED) is 0.861. The highest BCUT2D eigenvalue weighted by atomic mass is 16.3. The molecule has 4 nitrogen and oxygen atoms in total. The molecule has 2 aliphatic heterocycles. The van der Waals surface area contributed by atoms with Gasteiger partial charge in [-0.1, -0.05) is 18.2 Å². The van der Waals surface area contributed by atoms with Gasteiger partial charge >= 0.3 is 0 Å². The van der Waals surface area contributed by atoms with Gasteiger partial charge in [-0.3, -0.25) is 9.80 Å². The van der Waals surface area contributed by atoms with E-state index in [-0.39, 0.29) is 0 Å². The number of fused-ring (bicyclic) bond motifs is 1. The Morgan fingerprint density at radius 3 is 2.41 bits per heavy atom. The fourth-order valence-corrected chi connectivity index (χ4v) is 5.44. The minimum Gasteiger partial charge on any atom is -0.508 e. The molecule has 2 aromatic carbocycles. The first kappa shape index (κ1) is 19.0. The zero-order chi connectivity index (χ0) is 19.6. The Labute approximate surface area is 174 Å². The molecule has 0 unspecified atom stereocenters. The van der Waals surface area contributed by atoms with E-state index in [9.17, 15) is 5.11 Å². The maximum Gasteiger partial charge on any atom is 0.115 e. The highest BCUT2D eigenvalue weighted by Crippen LogP contribution is 2.29. The molecule has 0 aromatic heterocycles. The molecule has 2 heterocycles. The molecule has 1 N–H and O–H groups in total. The molecule has 0 radical (unpaired) electrons. The molecular formula is C25H33N3O. The average Bonchev–Trinajstić information content (AvgIpc) is 3.22. The smallest absolute Gasteiger partial charge is 0.115 e. The van der Waals surface area contributed by atoms with E-state index in [2.05, 4.69) is 39.0 Å². The number of hydrogen-bond acceptors (Lipinski definition) is 4. The lowest BCUT2D eigenvalue weighted by Gasteiger charge is -2.43. The number of anilines is 1. The summed E-state index contributed by atoms with van der Waals surface area (Å²) in [5.41, 5.74) is 5.82. The third-order valence-electron chi connectivity index (χ3n) is 7.15. The van der Waals surface area contributed by atoms with Crippen molar-refractivity contribution in [3.05, 3.63) is 59.2 Å². The predicted octanol–water partition coefficient (Wildman–Crippen LogP) is 3.67. The molecule has 154 valence electrons. The molecule has 2 aromatic rings. The molecule has 4 heteroatoms. The van der Waals surface area contributed by atoms with Gasteiger partial charge in [0.1, 0.15) is 5.75 Å². The largest absolute Gasteiger partial charge is 0.508 e. The van der Waals surface area contributed by atoms with E-state index in [1.165, 1.54) is 69.5 Å². The maximum absolute atomic E-state index is 9.67. The van der Waals surface area contributed by atoms with Gasteiger partial charge in [0.2, 0.25) is 0 Å². The number of phenols is 1. The Morgan fingerprint density at radius 2 is 1.62 bits per heavy atom. The first-order valence-corrected chi connectivity index (χ1v) is 11.4. The summed E-state index contributed by atoms with van der Waals surface area (Å²) in [5, 5.41) is 9.67. The minimum atomic E-state index is 0.372. The van der Waals surface area contributed by atoms with Gasteiger partial charge < -0.3 is 10.0 Å². The molecule has 1 aliphatic carbocycles. The van der Waals surface area contributed by atoms with Crippen LogP contribution in [0.2, 0.25) is 0 Å². The molecular weight excluding hydrogens is 358 g/mol. The lowest BCUT2D eigenvalue weighted by atomic mass is 10.0. The van der Waals surface area contributed by atoms with Gasteiger partial charge in [-0.15, -0.1) is 0 Å². The molecule has 3 aliphatic rings.